The minimum atomic E-state index is -0.113. The summed E-state index contributed by atoms with van der Waals surface area (Å²) in [7, 11) is 1.46. The number of carbonyl (C=O) groups is 1. The van der Waals surface area contributed by atoms with Crippen molar-refractivity contribution in [3.8, 4) is 0 Å². The molecule has 1 fully saturated rings. The molecule has 0 radical (unpaired) electrons. The van der Waals surface area contributed by atoms with Gasteiger partial charge in [-0.25, -0.2) is 0 Å². The summed E-state index contributed by atoms with van der Waals surface area (Å²) in [5.41, 5.74) is 0. The first kappa shape index (κ1) is 11.9. The molecule has 0 aromatic carbocycles. The van der Waals surface area contributed by atoms with Crippen LogP contribution in [0.15, 0.2) is 0 Å². The van der Waals surface area contributed by atoms with E-state index >= 15 is 0 Å². The van der Waals surface area contributed by atoms with E-state index in [4.69, 9.17) is 4.74 Å². The van der Waals surface area contributed by atoms with Crippen molar-refractivity contribution >= 4 is 17.7 Å². The van der Waals surface area contributed by atoms with Crippen LogP contribution >= 0.6 is 11.8 Å². The van der Waals surface area contributed by atoms with Crippen LogP contribution in [0, 0.1) is 0 Å². The third-order valence-electron chi connectivity index (χ3n) is 2.34. The fourth-order valence-corrected chi connectivity index (χ4v) is 1.83. The molecule has 1 saturated carbocycles. The maximum atomic E-state index is 11.4. The predicted molar refractivity (Wildman–Crippen MR) is 59.6 cm³/mol. The Morgan fingerprint density at radius 2 is 2.36 bits per heavy atom. The lowest BCUT2D eigenvalue weighted by molar-refractivity contribution is -0.143. The van der Waals surface area contributed by atoms with Gasteiger partial charge in [0.25, 0.3) is 0 Å². The van der Waals surface area contributed by atoms with Crippen LogP contribution in [0.2, 0.25) is 0 Å². The van der Waals surface area contributed by atoms with Crippen LogP contribution in [0.25, 0.3) is 0 Å². The molecule has 4 heteroatoms. The Morgan fingerprint density at radius 3 is 2.86 bits per heavy atom. The molecule has 1 rings (SSSR count). The minimum absolute atomic E-state index is 0.0837. The molecule has 0 aliphatic heterocycles. The molecular formula is C10H19NO2S. The fourth-order valence-electron chi connectivity index (χ4n) is 1.38. The molecule has 0 aromatic heterocycles. The molecule has 0 heterocycles. The van der Waals surface area contributed by atoms with Gasteiger partial charge in [-0.15, -0.1) is 0 Å². The first-order chi connectivity index (χ1) is 6.77. The van der Waals surface area contributed by atoms with Crippen molar-refractivity contribution in [2.45, 2.75) is 37.8 Å². The normalized spacial score (nSPS) is 17.9. The molecule has 0 saturated heterocycles. The molecule has 1 aliphatic carbocycles. The zero-order valence-corrected chi connectivity index (χ0v) is 9.73. The Hall–Kier alpha value is -0.220. The summed E-state index contributed by atoms with van der Waals surface area (Å²) in [4.78, 5) is 11.4. The van der Waals surface area contributed by atoms with Crippen LogP contribution in [0.4, 0.5) is 0 Å². The number of rotatable bonds is 7. The van der Waals surface area contributed by atoms with E-state index in [2.05, 4.69) is 11.6 Å². The number of ether oxygens (including phenoxy) is 1. The number of carbonyl (C=O) groups excluding carboxylic acids is 1. The molecule has 0 bridgehead atoms. The smallest absolute Gasteiger partial charge is 0.322 e. The van der Waals surface area contributed by atoms with E-state index in [1.807, 2.05) is 11.8 Å². The number of esters is 1. The SMILES string of the molecule is COC(=O)C(CCCSC)NC1CC1. The number of thioether (sulfide) groups is 1. The van der Waals surface area contributed by atoms with Gasteiger partial charge >= 0.3 is 5.97 Å². The molecule has 0 aromatic rings. The number of methoxy groups -OCH3 is 1. The standard InChI is InChI=1S/C10H19NO2S/c1-13-10(12)9(4-3-7-14-2)11-8-5-6-8/h8-9,11H,3-7H2,1-2H3. The van der Waals surface area contributed by atoms with Gasteiger partial charge in [-0.05, 0) is 37.7 Å². The maximum absolute atomic E-state index is 11.4. The van der Waals surface area contributed by atoms with Crippen molar-refractivity contribution < 1.29 is 9.53 Å². The van der Waals surface area contributed by atoms with Gasteiger partial charge in [-0.1, -0.05) is 0 Å². The first-order valence-corrected chi connectivity index (χ1v) is 6.50. The summed E-state index contributed by atoms with van der Waals surface area (Å²) in [5.74, 6) is 0.998. The van der Waals surface area contributed by atoms with E-state index in [0.717, 1.165) is 18.6 Å². The lowest BCUT2D eigenvalue weighted by atomic mass is 10.1. The molecule has 0 spiro atoms. The predicted octanol–water partition coefficient (Wildman–Crippen LogP) is 1.42. The molecule has 1 aliphatic rings. The maximum Gasteiger partial charge on any atom is 0.322 e. The van der Waals surface area contributed by atoms with Crippen LogP contribution < -0.4 is 5.32 Å². The van der Waals surface area contributed by atoms with E-state index in [1.54, 1.807) is 0 Å². The van der Waals surface area contributed by atoms with Crippen molar-refractivity contribution in [1.82, 2.24) is 5.32 Å². The number of hydrogen-bond acceptors (Lipinski definition) is 4. The minimum Gasteiger partial charge on any atom is -0.468 e. The number of nitrogens with one attached hydrogen (secondary N) is 1. The molecule has 14 heavy (non-hydrogen) atoms. The summed E-state index contributed by atoms with van der Waals surface area (Å²) in [6.45, 7) is 0. The van der Waals surface area contributed by atoms with Gasteiger partial charge in [0.1, 0.15) is 6.04 Å². The molecule has 1 atom stereocenters. The van der Waals surface area contributed by atoms with Gasteiger partial charge in [0.15, 0.2) is 0 Å². The van der Waals surface area contributed by atoms with E-state index in [1.165, 1.54) is 20.0 Å². The molecule has 3 nitrogen and oxygen atoms in total. The Labute approximate surface area is 90.0 Å². The number of hydrogen-bond donors (Lipinski definition) is 1. The zero-order valence-electron chi connectivity index (χ0n) is 8.91. The Kier molecular flexibility index (Phi) is 5.33. The summed E-state index contributed by atoms with van der Waals surface area (Å²) in [5, 5.41) is 3.32. The second-order valence-corrected chi connectivity index (χ2v) is 4.64. The molecule has 1 N–H and O–H groups in total. The van der Waals surface area contributed by atoms with Gasteiger partial charge in [0.05, 0.1) is 7.11 Å². The third kappa shape index (κ3) is 4.33. The molecule has 1 unspecified atom stereocenters. The highest BCUT2D eigenvalue weighted by atomic mass is 32.2. The summed E-state index contributed by atoms with van der Waals surface area (Å²) in [6, 6.07) is 0.480. The topological polar surface area (TPSA) is 38.3 Å². The van der Waals surface area contributed by atoms with E-state index in [0.29, 0.717) is 6.04 Å². The largest absolute Gasteiger partial charge is 0.468 e. The summed E-state index contributed by atoms with van der Waals surface area (Å²) >= 11 is 1.82. The van der Waals surface area contributed by atoms with Crippen molar-refractivity contribution in [2.24, 2.45) is 0 Å². The van der Waals surface area contributed by atoms with Crippen LogP contribution in [0.3, 0.4) is 0 Å². The van der Waals surface area contributed by atoms with Crippen molar-refractivity contribution in [3.05, 3.63) is 0 Å². The van der Waals surface area contributed by atoms with Crippen molar-refractivity contribution in [3.63, 3.8) is 0 Å². The quantitative estimate of drug-likeness (QED) is 0.517. The Morgan fingerprint density at radius 1 is 1.64 bits per heavy atom. The van der Waals surface area contributed by atoms with E-state index < -0.39 is 0 Å². The summed E-state index contributed by atoms with van der Waals surface area (Å²) in [6.07, 6.45) is 6.46. The van der Waals surface area contributed by atoms with Gasteiger partial charge < -0.3 is 10.1 Å². The second-order valence-electron chi connectivity index (χ2n) is 3.65. The molecule has 82 valence electrons. The highest BCUT2D eigenvalue weighted by molar-refractivity contribution is 7.98. The van der Waals surface area contributed by atoms with Crippen LogP contribution in [-0.4, -0.2) is 37.2 Å². The zero-order chi connectivity index (χ0) is 10.4. The average molecular weight is 217 g/mol. The lowest BCUT2D eigenvalue weighted by Crippen LogP contribution is -2.39. The van der Waals surface area contributed by atoms with Crippen LogP contribution in [-0.2, 0) is 9.53 Å². The van der Waals surface area contributed by atoms with Crippen LogP contribution in [0.1, 0.15) is 25.7 Å². The summed E-state index contributed by atoms with van der Waals surface area (Å²) < 4.78 is 4.76. The van der Waals surface area contributed by atoms with Crippen molar-refractivity contribution in [1.29, 1.82) is 0 Å². The van der Waals surface area contributed by atoms with E-state index in [-0.39, 0.29) is 12.0 Å². The highest BCUT2D eigenvalue weighted by Gasteiger charge is 2.28. The highest BCUT2D eigenvalue weighted by Crippen LogP contribution is 2.20. The van der Waals surface area contributed by atoms with Crippen LogP contribution in [0.5, 0.6) is 0 Å². The molecule has 0 amide bonds. The second kappa shape index (κ2) is 6.30. The van der Waals surface area contributed by atoms with Gasteiger partial charge in [-0.2, -0.15) is 11.8 Å². The fraction of sp³-hybridized carbons (Fsp3) is 0.900. The lowest BCUT2D eigenvalue weighted by Gasteiger charge is -2.15. The third-order valence-corrected chi connectivity index (χ3v) is 3.04. The Bertz CT molecular complexity index is 183. The van der Waals surface area contributed by atoms with Crippen molar-refractivity contribution in [2.75, 3.05) is 19.1 Å². The molecular weight excluding hydrogens is 198 g/mol. The van der Waals surface area contributed by atoms with Gasteiger partial charge in [0, 0.05) is 6.04 Å². The van der Waals surface area contributed by atoms with Gasteiger partial charge in [0.2, 0.25) is 0 Å². The van der Waals surface area contributed by atoms with E-state index in [9.17, 15) is 4.79 Å². The van der Waals surface area contributed by atoms with Gasteiger partial charge in [-0.3, -0.25) is 4.79 Å². The monoisotopic (exact) mass is 217 g/mol. The first-order valence-electron chi connectivity index (χ1n) is 5.10. The Balaban J connectivity index is 2.23. The average Bonchev–Trinajstić information content (AvgIpc) is 2.99.